The molecule has 0 radical (unpaired) electrons. The van der Waals surface area contributed by atoms with E-state index in [2.05, 4.69) is 37.7 Å². The Bertz CT molecular complexity index is 735. The third kappa shape index (κ3) is 4.81. The Balaban J connectivity index is 1.56. The normalized spacial score (nSPS) is 17.2. The van der Waals surface area contributed by atoms with Crippen LogP contribution in [0.3, 0.4) is 0 Å². The summed E-state index contributed by atoms with van der Waals surface area (Å²) in [7, 11) is 1.66. The summed E-state index contributed by atoms with van der Waals surface area (Å²) < 4.78 is 9.02. The first-order chi connectivity index (χ1) is 12.7. The van der Waals surface area contributed by atoms with Gasteiger partial charge in [-0.15, -0.1) is 0 Å². The predicted molar refractivity (Wildman–Crippen MR) is 98.9 cm³/mol. The van der Waals surface area contributed by atoms with Crippen molar-refractivity contribution in [3.8, 4) is 0 Å². The Morgan fingerprint density at radius 3 is 3.08 bits per heavy atom. The fourth-order valence-electron chi connectivity index (χ4n) is 3.04. The topological polar surface area (TPSA) is 94.2 Å². The maximum absolute atomic E-state index is 5.12. The second-order valence-electron chi connectivity index (χ2n) is 6.48. The summed E-state index contributed by atoms with van der Waals surface area (Å²) >= 11 is 0. The minimum absolute atomic E-state index is 0.282. The van der Waals surface area contributed by atoms with Crippen molar-refractivity contribution in [2.75, 3.05) is 20.2 Å². The van der Waals surface area contributed by atoms with Crippen molar-refractivity contribution < 1.29 is 4.74 Å². The van der Waals surface area contributed by atoms with Crippen molar-refractivity contribution in [2.24, 2.45) is 4.99 Å². The molecule has 0 saturated heterocycles. The Morgan fingerprint density at radius 1 is 1.46 bits per heavy atom. The lowest BCUT2D eigenvalue weighted by Gasteiger charge is -2.25. The average Bonchev–Trinajstić information content (AvgIpc) is 3.20. The van der Waals surface area contributed by atoms with Gasteiger partial charge in [0.05, 0.1) is 25.8 Å². The first-order valence-electron chi connectivity index (χ1n) is 9.13. The third-order valence-corrected chi connectivity index (χ3v) is 4.22. The zero-order valence-corrected chi connectivity index (χ0v) is 15.8. The molecule has 9 heteroatoms. The van der Waals surface area contributed by atoms with E-state index in [9.17, 15) is 0 Å². The van der Waals surface area contributed by atoms with Crippen LogP contribution in [0.15, 0.2) is 17.4 Å². The van der Waals surface area contributed by atoms with Gasteiger partial charge in [-0.05, 0) is 25.8 Å². The molecule has 3 heterocycles. The summed E-state index contributed by atoms with van der Waals surface area (Å²) in [5.41, 5.74) is 1.16. The molecular weight excluding hydrogens is 332 g/mol. The van der Waals surface area contributed by atoms with Gasteiger partial charge in [0.25, 0.3) is 0 Å². The number of ether oxygens (including phenoxy) is 1. The highest BCUT2D eigenvalue weighted by Crippen LogP contribution is 2.13. The van der Waals surface area contributed by atoms with E-state index in [1.54, 1.807) is 7.11 Å². The molecule has 2 N–H and O–H groups in total. The van der Waals surface area contributed by atoms with Crippen LogP contribution < -0.4 is 10.6 Å². The van der Waals surface area contributed by atoms with Gasteiger partial charge in [-0.2, -0.15) is 10.2 Å². The Kier molecular flexibility index (Phi) is 6.21. The predicted octanol–water partition coefficient (Wildman–Crippen LogP) is 0.500. The largest absolute Gasteiger partial charge is 0.377 e. The number of aliphatic imine (C=N–C) groups is 1. The Hall–Kier alpha value is -2.42. The van der Waals surface area contributed by atoms with E-state index >= 15 is 0 Å². The molecule has 142 valence electrons. The van der Waals surface area contributed by atoms with Crippen molar-refractivity contribution >= 4 is 5.96 Å². The van der Waals surface area contributed by atoms with Crippen LogP contribution in [0.5, 0.6) is 0 Å². The molecule has 0 spiro atoms. The highest BCUT2D eigenvalue weighted by Gasteiger charge is 2.22. The lowest BCUT2D eigenvalue weighted by atomic mass is 10.1. The zero-order chi connectivity index (χ0) is 18.4. The quantitative estimate of drug-likeness (QED) is 0.552. The second-order valence-corrected chi connectivity index (χ2v) is 6.48. The molecule has 1 atom stereocenters. The molecule has 26 heavy (non-hydrogen) atoms. The van der Waals surface area contributed by atoms with Gasteiger partial charge >= 0.3 is 0 Å². The van der Waals surface area contributed by atoms with Crippen molar-refractivity contribution in [3.05, 3.63) is 29.6 Å². The lowest BCUT2D eigenvalue weighted by Crippen LogP contribution is -2.47. The maximum atomic E-state index is 5.12. The van der Waals surface area contributed by atoms with Gasteiger partial charge in [0.1, 0.15) is 12.4 Å². The molecule has 0 fully saturated rings. The van der Waals surface area contributed by atoms with E-state index in [-0.39, 0.29) is 6.04 Å². The summed E-state index contributed by atoms with van der Waals surface area (Å²) in [6.45, 7) is 7.62. The van der Waals surface area contributed by atoms with Crippen LogP contribution in [0.1, 0.15) is 30.6 Å². The van der Waals surface area contributed by atoms with E-state index < -0.39 is 0 Å². The van der Waals surface area contributed by atoms with Crippen molar-refractivity contribution in [1.29, 1.82) is 0 Å². The van der Waals surface area contributed by atoms with Crippen LogP contribution in [-0.2, 0) is 30.9 Å². The molecule has 1 unspecified atom stereocenters. The number of methoxy groups -OCH3 is 1. The molecule has 1 aliphatic rings. The average molecular weight is 360 g/mol. The van der Waals surface area contributed by atoms with Gasteiger partial charge in [0.2, 0.25) is 0 Å². The Labute approximate surface area is 153 Å². The molecule has 2 aromatic heterocycles. The monoisotopic (exact) mass is 360 g/mol. The molecule has 0 amide bonds. The van der Waals surface area contributed by atoms with Gasteiger partial charge in [0, 0.05) is 32.3 Å². The standard InChI is InChI=1S/C17H28N8O/c1-4-18-17(19-7-8-24-10-13(2)9-20-24)21-14-5-6-16-22-15(12-26-3)23-25(16)11-14/h9-10,14H,4-8,11-12H2,1-3H3,(H2,18,19,21). The minimum Gasteiger partial charge on any atom is -0.377 e. The number of aromatic nitrogens is 5. The molecule has 9 nitrogen and oxygen atoms in total. The number of guanidine groups is 1. The van der Waals surface area contributed by atoms with Gasteiger partial charge in [-0.3, -0.25) is 9.67 Å². The number of aryl methyl sites for hydroxylation is 2. The van der Waals surface area contributed by atoms with Gasteiger partial charge in [-0.1, -0.05) is 0 Å². The molecular formula is C17H28N8O. The van der Waals surface area contributed by atoms with Crippen molar-refractivity contribution in [2.45, 2.75) is 52.4 Å². The summed E-state index contributed by atoms with van der Waals surface area (Å²) in [5.74, 6) is 2.62. The SMILES string of the molecule is CCNC(=NCCn1cc(C)cn1)NC1CCc2nc(COC)nn2C1. The van der Waals surface area contributed by atoms with E-state index in [4.69, 9.17) is 4.74 Å². The van der Waals surface area contributed by atoms with Crippen LogP contribution >= 0.6 is 0 Å². The van der Waals surface area contributed by atoms with Crippen molar-refractivity contribution in [3.63, 3.8) is 0 Å². The summed E-state index contributed by atoms with van der Waals surface area (Å²) in [4.78, 5) is 9.19. The smallest absolute Gasteiger partial charge is 0.191 e. The fourth-order valence-corrected chi connectivity index (χ4v) is 3.04. The first-order valence-corrected chi connectivity index (χ1v) is 9.13. The summed E-state index contributed by atoms with van der Waals surface area (Å²) in [6, 6.07) is 0.282. The maximum Gasteiger partial charge on any atom is 0.191 e. The number of rotatable bonds is 7. The van der Waals surface area contributed by atoms with Crippen LogP contribution in [0.4, 0.5) is 0 Å². The van der Waals surface area contributed by atoms with E-state index in [1.165, 1.54) is 0 Å². The summed E-state index contributed by atoms with van der Waals surface area (Å²) in [6.07, 6.45) is 5.80. The highest BCUT2D eigenvalue weighted by molar-refractivity contribution is 5.80. The van der Waals surface area contributed by atoms with E-state index in [1.807, 2.05) is 28.7 Å². The Morgan fingerprint density at radius 2 is 2.35 bits per heavy atom. The zero-order valence-electron chi connectivity index (χ0n) is 15.8. The molecule has 3 rings (SSSR count). The molecule has 0 bridgehead atoms. The van der Waals surface area contributed by atoms with Crippen LogP contribution in [0.25, 0.3) is 0 Å². The molecule has 0 saturated carbocycles. The minimum atomic E-state index is 0.282. The van der Waals surface area contributed by atoms with E-state index in [0.717, 1.165) is 55.6 Å². The van der Waals surface area contributed by atoms with Crippen LogP contribution in [-0.4, -0.2) is 56.7 Å². The second kappa shape index (κ2) is 8.79. The highest BCUT2D eigenvalue weighted by atomic mass is 16.5. The van der Waals surface area contributed by atoms with Gasteiger partial charge in [-0.25, -0.2) is 9.67 Å². The van der Waals surface area contributed by atoms with Gasteiger partial charge < -0.3 is 15.4 Å². The molecule has 2 aromatic rings. The number of hydrogen-bond acceptors (Lipinski definition) is 5. The van der Waals surface area contributed by atoms with Crippen LogP contribution in [0.2, 0.25) is 0 Å². The number of fused-ring (bicyclic) bond motifs is 1. The first kappa shape index (κ1) is 18.4. The number of hydrogen-bond donors (Lipinski definition) is 2. The van der Waals surface area contributed by atoms with Crippen LogP contribution in [0, 0.1) is 6.92 Å². The van der Waals surface area contributed by atoms with Gasteiger partial charge in [0.15, 0.2) is 11.8 Å². The molecule has 0 aromatic carbocycles. The third-order valence-electron chi connectivity index (χ3n) is 4.22. The van der Waals surface area contributed by atoms with E-state index in [0.29, 0.717) is 13.2 Å². The number of nitrogens with one attached hydrogen (secondary N) is 2. The summed E-state index contributed by atoms with van der Waals surface area (Å²) in [5, 5.41) is 15.6. The fraction of sp³-hybridized carbons (Fsp3) is 0.647. The lowest BCUT2D eigenvalue weighted by molar-refractivity contribution is 0.177. The number of nitrogens with zero attached hydrogens (tertiary/aromatic N) is 6. The molecule has 1 aliphatic heterocycles. The molecule has 0 aliphatic carbocycles. The van der Waals surface area contributed by atoms with Crippen molar-refractivity contribution in [1.82, 2.24) is 35.2 Å².